The molecule has 0 aromatic heterocycles. The van der Waals surface area contributed by atoms with E-state index in [2.05, 4.69) is 243 Å². The highest BCUT2D eigenvalue weighted by molar-refractivity contribution is 5.92. The van der Waals surface area contributed by atoms with E-state index in [-0.39, 0.29) is 12.0 Å². The summed E-state index contributed by atoms with van der Waals surface area (Å²) < 4.78 is 0. The summed E-state index contributed by atoms with van der Waals surface area (Å²) in [6, 6.07) is 67.0. The lowest BCUT2D eigenvalue weighted by molar-refractivity contribution is 0.773. The molecule has 8 aromatic carbocycles. The number of anilines is 4. The highest BCUT2D eigenvalue weighted by Gasteiger charge is 2.40. The molecule has 4 heteroatoms. The zero-order chi connectivity index (χ0) is 50.5. The molecule has 0 heterocycles. The van der Waals surface area contributed by atoms with Crippen molar-refractivity contribution in [3.63, 3.8) is 0 Å². The fraction of sp³-hybridized carbons (Fsp3) is 0.0857. The van der Waals surface area contributed by atoms with E-state index in [0.717, 1.165) is 73.0 Å². The van der Waals surface area contributed by atoms with E-state index in [0.29, 0.717) is 11.3 Å². The predicted molar refractivity (Wildman–Crippen MR) is 307 cm³/mol. The van der Waals surface area contributed by atoms with Gasteiger partial charge in [-0.3, -0.25) is 0 Å². The van der Waals surface area contributed by atoms with E-state index in [1.54, 1.807) is 0 Å². The molecule has 4 aliphatic carbocycles. The molecule has 0 spiro atoms. The molecule has 0 fully saturated rings. The Balaban J connectivity index is 1.03. The van der Waals surface area contributed by atoms with Crippen LogP contribution < -0.4 is 9.80 Å². The SMILES string of the molecule is [C-]#[N+]c1cccc(N(C2=C3C=CC4=C5C(=CC=C(C=C2)C35)C(N(c2cccc(C#N)c2)c2ccc(-c3ccc(C)cc3)cc2-c2ccc(C)cc2)C=C4)c2ccc(-c3ccc(C)cc3)cc2-c2ccc(C)cc2)c1. The lowest BCUT2D eigenvalue weighted by atomic mass is 9.67. The van der Waals surface area contributed by atoms with Crippen molar-refractivity contribution in [3.8, 4) is 50.6 Å². The topological polar surface area (TPSA) is 34.6 Å². The lowest BCUT2D eigenvalue weighted by Crippen LogP contribution is -2.37. The van der Waals surface area contributed by atoms with E-state index in [1.165, 1.54) is 50.1 Å². The summed E-state index contributed by atoms with van der Waals surface area (Å²) in [5, 5.41) is 10.3. The third-order valence-corrected chi connectivity index (χ3v) is 14.9. The molecule has 12 rings (SSSR count). The van der Waals surface area contributed by atoms with E-state index in [1.807, 2.05) is 36.4 Å². The monoisotopic (exact) mass is 948 g/mol. The molecular weight excluding hydrogens is 897 g/mol. The Bertz CT molecular complexity index is 3880. The van der Waals surface area contributed by atoms with Crippen LogP contribution in [0, 0.1) is 51.5 Å². The summed E-state index contributed by atoms with van der Waals surface area (Å²) in [5.74, 6) is -0.0728. The van der Waals surface area contributed by atoms with Crippen molar-refractivity contribution in [2.75, 3.05) is 9.80 Å². The number of aryl methyl sites for hydroxylation is 4. The minimum atomic E-state index is -0.231. The average molecular weight is 949 g/mol. The first-order chi connectivity index (χ1) is 36.2. The van der Waals surface area contributed by atoms with Crippen LogP contribution in [0.2, 0.25) is 0 Å². The van der Waals surface area contributed by atoms with Crippen molar-refractivity contribution in [2.45, 2.75) is 33.7 Å². The molecule has 8 aromatic rings. The molecule has 352 valence electrons. The van der Waals surface area contributed by atoms with E-state index < -0.39 is 0 Å². The second-order valence-corrected chi connectivity index (χ2v) is 19.8. The van der Waals surface area contributed by atoms with Crippen LogP contribution in [0.15, 0.2) is 264 Å². The highest BCUT2D eigenvalue weighted by atomic mass is 15.2. The normalized spacial score (nSPS) is 16.0. The summed E-state index contributed by atoms with van der Waals surface area (Å²) in [6.07, 6.45) is 18.4. The van der Waals surface area contributed by atoms with Gasteiger partial charge in [-0.25, -0.2) is 4.85 Å². The minimum Gasteiger partial charge on any atom is -0.330 e. The van der Waals surface area contributed by atoms with Gasteiger partial charge in [-0.2, -0.15) is 5.26 Å². The van der Waals surface area contributed by atoms with Crippen molar-refractivity contribution in [1.29, 1.82) is 5.26 Å². The summed E-state index contributed by atoms with van der Waals surface area (Å²) in [5.41, 5.74) is 26.1. The maximum absolute atomic E-state index is 10.3. The molecular formula is C70H52N4. The zero-order valence-corrected chi connectivity index (χ0v) is 41.9. The average Bonchev–Trinajstić information content (AvgIpc) is 3.45. The van der Waals surface area contributed by atoms with Gasteiger partial charge in [-0.1, -0.05) is 192 Å². The van der Waals surface area contributed by atoms with E-state index in [9.17, 15) is 5.26 Å². The number of rotatable bonds is 10. The van der Waals surface area contributed by atoms with Gasteiger partial charge in [0.15, 0.2) is 5.69 Å². The van der Waals surface area contributed by atoms with Gasteiger partial charge in [0.05, 0.1) is 35.6 Å². The summed E-state index contributed by atoms with van der Waals surface area (Å²) in [6.45, 7) is 16.6. The van der Waals surface area contributed by atoms with Gasteiger partial charge in [0.1, 0.15) is 0 Å². The van der Waals surface area contributed by atoms with Gasteiger partial charge >= 0.3 is 0 Å². The molecule has 74 heavy (non-hydrogen) atoms. The first kappa shape index (κ1) is 45.6. The number of benzene rings is 8. The Hall–Kier alpha value is -9.48. The maximum Gasteiger partial charge on any atom is 0.189 e. The minimum absolute atomic E-state index is 0.0728. The van der Waals surface area contributed by atoms with Crippen LogP contribution in [-0.4, -0.2) is 6.04 Å². The Morgan fingerprint density at radius 2 is 1.05 bits per heavy atom. The molecule has 2 atom stereocenters. The van der Waals surface area contributed by atoms with Gasteiger partial charge in [-0.15, -0.1) is 0 Å². The first-order valence-electron chi connectivity index (χ1n) is 25.3. The molecule has 0 bridgehead atoms. The van der Waals surface area contributed by atoms with Gasteiger partial charge in [0, 0.05) is 34.1 Å². The zero-order valence-electron chi connectivity index (χ0n) is 41.9. The molecule has 0 radical (unpaired) electrons. The number of allylic oxidation sites excluding steroid dienone is 10. The molecule has 0 aliphatic heterocycles. The molecule has 0 saturated heterocycles. The lowest BCUT2D eigenvalue weighted by Gasteiger charge is -2.44. The third-order valence-electron chi connectivity index (χ3n) is 14.9. The van der Waals surface area contributed by atoms with Crippen LogP contribution in [0.3, 0.4) is 0 Å². The van der Waals surface area contributed by atoms with Crippen molar-refractivity contribution in [3.05, 3.63) is 303 Å². The molecule has 4 aliphatic rings. The Morgan fingerprint density at radius 3 is 1.66 bits per heavy atom. The van der Waals surface area contributed by atoms with Crippen LogP contribution in [0.4, 0.5) is 28.4 Å². The van der Waals surface area contributed by atoms with E-state index in [4.69, 9.17) is 6.57 Å². The van der Waals surface area contributed by atoms with Crippen LogP contribution in [0.5, 0.6) is 0 Å². The van der Waals surface area contributed by atoms with Crippen molar-refractivity contribution in [2.24, 2.45) is 5.92 Å². The standard InChI is InChI=1S/C70H52N4/c1-45-12-20-50(21-13-45)56-32-38-67(63(41-56)52-24-16-47(3)17-25-52)73(59-10-6-8-49(40-59)44-71)65-36-30-54-29-35-62-66(37-31-55-28-34-61(65)69(54)70(55)62)74(60-11-7-9-58(43-60)72-5)68-39-33-57(51-22-14-46(2)15-23-51)42-64(68)53-26-18-48(4)19-27-53/h6-43,65,70H,1-4H3. The fourth-order valence-corrected chi connectivity index (χ4v) is 11.1. The predicted octanol–water partition coefficient (Wildman–Crippen LogP) is 18.1. The van der Waals surface area contributed by atoms with Gasteiger partial charge in [-0.05, 0) is 150 Å². The van der Waals surface area contributed by atoms with Crippen LogP contribution >= 0.6 is 0 Å². The van der Waals surface area contributed by atoms with Crippen LogP contribution in [-0.2, 0) is 0 Å². The van der Waals surface area contributed by atoms with Crippen molar-refractivity contribution in [1.82, 2.24) is 0 Å². The van der Waals surface area contributed by atoms with E-state index >= 15 is 0 Å². The smallest absolute Gasteiger partial charge is 0.189 e. The van der Waals surface area contributed by atoms with Crippen LogP contribution in [0.1, 0.15) is 27.8 Å². The maximum atomic E-state index is 10.3. The van der Waals surface area contributed by atoms with Crippen molar-refractivity contribution >= 4 is 28.4 Å². The second kappa shape index (κ2) is 18.9. The second-order valence-electron chi connectivity index (χ2n) is 19.8. The largest absolute Gasteiger partial charge is 0.330 e. The highest BCUT2D eigenvalue weighted by Crippen LogP contribution is 2.53. The number of nitrogens with zero attached hydrogens (tertiary/aromatic N) is 4. The molecule has 0 saturated carbocycles. The van der Waals surface area contributed by atoms with Crippen molar-refractivity contribution < 1.29 is 0 Å². The Kier molecular flexibility index (Phi) is 11.7. The molecule has 0 amide bonds. The van der Waals surface area contributed by atoms with Gasteiger partial charge < -0.3 is 9.80 Å². The molecule has 0 N–H and O–H groups in total. The number of nitriles is 1. The van der Waals surface area contributed by atoms with Gasteiger partial charge in [0.25, 0.3) is 0 Å². The summed E-state index contributed by atoms with van der Waals surface area (Å²) in [4.78, 5) is 8.74. The fourth-order valence-electron chi connectivity index (χ4n) is 11.1. The Morgan fingerprint density at radius 1 is 0.500 bits per heavy atom. The Labute approximate surface area is 435 Å². The third kappa shape index (κ3) is 8.33. The first-order valence-corrected chi connectivity index (χ1v) is 25.3. The molecule has 4 nitrogen and oxygen atoms in total. The summed E-state index contributed by atoms with van der Waals surface area (Å²) in [7, 11) is 0. The van der Waals surface area contributed by atoms with Crippen LogP contribution in [0.25, 0.3) is 49.4 Å². The number of hydrogen-bond acceptors (Lipinski definition) is 3. The quantitative estimate of drug-likeness (QED) is 0.128. The van der Waals surface area contributed by atoms with Gasteiger partial charge in [0.2, 0.25) is 0 Å². The summed E-state index contributed by atoms with van der Waals surface area (Å²) >= 11 is 0. The number of hydrogen-bond donors (Lipinski definition) is 0. The molecule has 2 unspecified atom stereocenters.